The number of hydrogen-bond acceptors (Lipinski definition) is 4. The molecular formula is C18H17F3N2O3S. The smallest absolute Gasteiger partial charge is 0.417 e. The van der Waals surface area contributed by atoms with Crippen LogP contribution in [0.2, 0.25) is 0 Å². The van der Waals surface area contributed by atoms with Crippen molar-refractivity contribution in [1.29, 1.82) is 0 Å². The van der Waals surface area contributed by atoms with Crippen molar-refractivity contribution < 1.29 is 26.3 Å². The van der Waals surface area contributed by atoms with Gasteiger partial charge in [0.2, 0.25) is 5.90 Å². The lowest BCUT2D eigenvalue weighted by Crippen LogP contribution is -2.20. The van der Waals surface area contributed by atoms with Gasteiger partial charge in [-0.3, -0.25) is 4.72 Å². The van der Waals surface area contributed by atoms with Gasteiger partial charge in [-0.2, -0.15) is 13.2 Å². The van der Waals surface area contributed by atoms with E-state index in [-0.39, 0.29) is 11.6 Å². The number of nitrogens with one attached hydrogen (secondary N) is 1. The van der Waals surface area contributed by atoms with E-state index in [4.69, 9.17) is 4.74 Å². The molecule has 1 N–H and O–H groups in total. The van der Waals surface area contributed by atoms with Crippen molar-refractivity contribution in [2.45, 2.75) is 30.5 Å². The van der Waals surface area contributed by atoms with Crippen molar-refractivity contribution in [3.05, 3.63) is 59.7 Å². The summed E-state index contributed by atoms with van der Waals surface area (Å²) in [5, 5.41) is 0. The van der Waals surface area contributed by atoms with E-state index in [1.807, 2.05) is 13.8 Å². The van der Waals surface area contributed by atoms with E-state index in [0.717, 1.165) is 18.2 Å². The number of hydrogen-bond donors (Lipinski definition) is 1. The fraction of sp³-hybridized carbons (Fsp3) is 0.278. The predicted molar refractivity (Wildman–Crippen MR) is 95.3 cm³/mol. The topological polar surface area (TPSA) is 67.8 Å². The first-order chi connectivity index (χ1) is 12.5. The van der Waals surface area contributed by atoms with Crippen LogP contribution in [0.5, 0.6) is 0 Å². The van der Waals surface area contributed by atoms with E-state index in [2.05, 4.69) is 9.71 Å². The van der Waals surface area contributed by atoms with Gasteiger partial charge in [0.15, 0.2) is 0 Å². The Kier molecular flexibility index (Phi) is 4.67. The van der Waals surface area contributed by atoms with Crippen molar-refractivity contribution in [1.82, 2.24) is 0 Å². The average Bonchev–Trinajstić information content (AvgIpc) is 2.94. The number of nitrogens with zero attached hydrogens (tertiary/aromatic N) is 1. The number of halogens is 3. The third-order valence-electron chi connectivity index (χ3n) is 3.85. The van der Waals surface area contributed by atoms with Crippen LogP contribution in [0.25, 0.3) is 0 Å². The molecule has 5 nitrogen and oxygen atoms in total. The number of alkyl halides is 3. The molecule has 0 aromatic heterocycles. The SMILES string of the molecule is CC1(C)COC(c2ccccc2NS(=O)(=O)c2ccccc2C(F)(F)F)=N1. The minimum absolute atomic E-state index is 0.0888. The normalized spacial score (nSPS) is 16.6. The first-order valence-electron chi connectivity index (χ1n) is 8.01. The van der Waals surface area contributed by atoms with Gasteiger partial charge in [0.05, 0.1) is 27.2 Å². The zero-order chi connectivity index (χ0) is 19.9. The van der Waals surface area contributed by atoms with Gasteiger partial charge in [-0.1, -0.05) is 24.3 Å². The van der Waals surface area contributed by atoms with Gasteiger partial charge in [0.25, 0.3) is 10.0 Å². The van der Waals surface area contributed by atoms with Gasteiger partial charge in [0, 0.05) is 0 Å². The Labute approximate surface area is 154 Å². The lowest BCUT2D eigenvalue weighted by atomic mass is 10.1. The van der Waals surface area contributed by atoms with E-state index in [0.29, 0.717) is 12.2 Å². The van der Waals surface area contributed by atoms with Crippen molar-refractivity contribution in [2.75, 3.05) is 11.3 Å². The number of para-hydroxylation sites is 1. The molecule has 0 radical (unpaired) electrons. The van der Waals surface area contributed by atoms with Crippen LogP contribution in [-0.4, -0.2) is 26.5 Å². The van der Waals surface area contributed by atoms with E-state index in [9.17, 15) is 21.6 Å². The van der Waals surface area contributed by atoms with Crippen LogP contribution in [0.1, 0.15) is 25.0 Å². The van der Waals surface area contributed by atoms with Crippen molar-refractivity contribution in [3.63, 3.8) is 0 Å². The number of benzene rings is 2. The molecule has 1 heterocycles. The molecule has 0 unspecified atom stereocenters. The summed E-state index contributed by atoms with van der Waals surface area (Å²) in [5.41, 5.74) is -1.25. The molecule has 3 rings (SSSR count). The molecule has 1 aliphatic heterocycles. The zero-order valence-corrected chi connectivity index (χ0v) is 15.4. The minimum atomic E-state index is -4.80. The standard InChI is InChI=1S/C18H17F3N2O3S/c1-17(2)11-26-16(22-17)12-7-3-5-9-14(12)23-27(24,25)15-10-6-4-8-13(15)18(19,20)21/h3-10,23H,11H2,1-2H3. The van der Waals surface area contributed by atoms with Crippen LogP contribution in [0.15, 0.2) is 58.4 Å². The fourth-order valence-corrected chi connectivity index (χ4v) is 3.92. The quantitative estimate of drug-likeness (QED) is 0.845. The molecule has 27 heavy (non-hydrogen) atoms. The molecule has 0 atom stereocenters. The van der Waals surface area contributed by atoms with Crippen molar-refractivity contribution >= 4 is 21.6 Å². The Morgan fingerprint density at radius 3 is 2.33 bits per heavy atom. The largest absolute Gasteiger partial charge is 0.475 e. The Morgan fingerprint density at radius 2 is 1.70 bits per heavy atom. The summed E-state index contributed by atoms with van der Waals surface area (Å²) >= 11 is 0. The molecule has 144 valence electrons. The fourth-order valence-electron chi connectivity index (χ4n) is 2.62. The van der Waals surface area contributed by atoms with Crippen LogP contribution in [-0.2, 0) is 20.9 Å². The number of anilines is 1. The first-order valence-corrected chi connectivity index (χ1v) is 9.49. The summed E-state index contributed by atoms with van der Waals surface area (Å²) in [6.45, 7) is 4.03. The Morgan fingerprint density at radius 1 is 1.07 bits per heavy atom. The maximum absolute atomic E-state index is 13.2. The van der Waals surface area contributed by atoms with Gasteiger partial charge in [-0.25, -0.2) is 13.4 Å². The van der Waals surface area contributed by atoms with E-state index >= 15 is 0 Å². The number of aliphatic imine (C=N–C) groups is 1. The number of rotatable bonds is 4. The highest BCUT2D eigenvalue weighted by atomic mass is 32.2. The highest BCUT2D eigenvalue weighted by Crippen LogP contribution is 2.35. The van der Waals surface area contributed by atoms with Crippen molar-refractivity contribution in [3.8, 4) is 0 Å². The number of sulfonamides is 1. The lowest BCUT2D eigenvalue weighted by Gasteiger charge is -2.16. The molecule has 0 fully saturated rings. The molecule has 0 saturated carbocycles. The molecule has 0 bridgehead atoms. The van der Waals surface area contributed by atoms with Gasteiger partial charge in [-0.05, 0) is 38.1 Å². The van der Waals surface area contributed by atoms with Crippen molar-refractivity contribution in [2.24, 2.45) is 4.99 Å². The second kappa shape index (κ2) is 6.56. The Balaban J connectivity index is 2.03. The van der Waals surface area contributed by atoms with Crippen LogP contribution in [0, 0.1) is 0 Å². The monoisotopic (exact) mass is 398 g/mol. The second-order valence-corrected chi connectivity index (χ2v) is 8.31. The second-order valence-electron chi connectivity index (χ2n) is 6.66. The molecular weight excluding hydrogens is 381 g/mol. The third kappa shape index (κ3) is 4.08. The van der Waals surface area contributed by atoms with Gasteiger partial charge < -0.3 is 4.74 Å². The van der Waals surface area contributed by atoms with E-state index < -0.39 is 32.2 Å². The minimum Gasteiger partial charge on any atom is -0.475 e. The maximum atomic E-state index is 13.2. The summed E-state index contributed by atoms with van der Waals surface area (Å²) < 4.78 is 72.7. The molecule has 2 aromatic rings. The first kappa shape index (κ1) is 19.2. The molecule has 2 aromatic carbocycles. The number of ether oxygens (including phenoxy) is 1. The van der Waals surface area contributed by atoms with Gasteiger partial charge >= 0.3 is 6.18 Å². The summed E-state index contributed by atoms with van der Waals surface area (Å²) in [7, 11) is -4.49. The van der Waals surface area contributed by atoms with Crippen LogP contribution in [0.3, 0.4) is 0 Å². The molecule has 0 aliphatic carbocycles. The highest BCUT2D eigenvalue weighted by molar-refractivity contribution is 7.92. The highest BCUT2D eigenvalue weighted by Gasteiger charge is 2.37. The summed E-state index contributed by atoms with van der Waals surface area (Å²) in [4.78, 5) is 3.55. The summed E-state index contributed by atoms with van der Waals surface area (Å²) in [6, 6.07) is 10.3. The third-order valence-corrected chi connectivity index (χ3v) is 5.27. The summed E-state index contributed by atoms with van der Waals surface area (Å²) in [5.74, 6) is 0.238. The Bertz CT molecular complexity index is 999. The van der Waals surface area contributed by atoms with Gasteiger partial charge in [-0.15, -0.1) is 0 Å². The van der Waals surface area contributed by atoms with Crippen LogP contribution in [0.4, 0.5) is 18.9 Å². The van der Waals surface area contributed by atoms with E-state index in [1.165, 1.54) is 12.1 Å². The van der Waals surface area contributed by atoms with Crippen LogP contribution >= 0.6 is 0 Å². The molecule has 1 aliphatic rings. The van der Waals surface area contributed by atoms with Crippen LogP contribution < -0.4 is 4.72 Å². The zero-order valence-electron chi connectivity index (χ0n) is 14.5. The van der Waals surface area contributed by atoms with Gasteiger partial charge in [0.1, 0.15) is 6.61 Å². The van der Waals surface area contributed by atoms with E-state index in [1.54, 1.807) is 18.2 Å². The molecule has 0 spiro atoms. The summed E-state index contributed by atoms with van der Waals surface area (Å²) in [6.07, 6.45) is -4.80. The lowest BCUT2D eigenvalue weighted by molar-refractivity contribution is -0.139. The predicted octanol–water partition coefficient (Wildman–Crippen LogP) is 4.06. The molecule has 9 heteroatoms. The Hall–Kier alpha value is -2.55. The maximum Gasteiger partial charge on any atom is 0.417 e. The molecule has 0 saturated heterocycles. The average molecular weight is 398 g/mol. The molecule has 0 amide bonds.